The molecule has 1 N–H and O–H groups in total. The minimum atomic E-state index is 0.196. The second-order valence-electron chi connectivity index (χ2n) is 5.02. The van der Waals surface area contributed by atoms with Crippen LogP contribution in [0.3, 0.4) is 0 Å². The molecule has 2 rings (SSSR count). The Labute approximate surface area is 104 Å². The van der Waals surface area contributed by atoms with Gasteiger partial charge in [0, 0.05) is 12.1 Å². The first-order chi connectivity index (χ1) is 8.22. The van der Waals surface area contributed by atoms with Crippen LogP contribution in [0, 0.1) is 24.2 Å². The highest BCUT2D eigenvalue weighted by atomic mass is 15.0. The van der Waals surface area contributed by atoms with E-state index in [0.717, 1.165) is 12.8 Å². The average Bonchev–Trinajstić information content (AvgIpc) is 2.76. The predicted molar refractivity (Wildman–Crippen MR) is 69.5 cm³/mol. The van der Waals surface area contributed by atoms with Gasteiger partial charge in [0.1, 0.15) is 0 Å². The molecular formula is C15H20N2. The zero-order valence-electron chi connectivity index (χ0n) is 10.6. The molecule has 1 saturated carbocycles. The van der Waals surface area contributed by atoms with Crippen LogP contribution >= 0.6 is 0 Å². The quantitative estimate of drug-likeness (QED) is 0.861. The Bertz CT molecular complexity index is 419. The van der Waals surface area contributed by atoms with E-state index >= 15 is 0 Å². The molecule has 0 radical (unpaired) electrons. The fourth-order valence-electron chi connectivity index (χ4n) is 2.80. The van der Waals surface area contributed by atoms with Gasteiger partial charge >= 0.3 is 0 Å². The number of nitrogens with zero attached hydrogens (tertiary/aromatic N) is 1. The van der Waals surface area contributed by atoms with Crippen molar-refractivity contribution in [2.45, 2.75) is 45.2 Å². The zero-order valence-corrected chi connectivity index (χ0v) is 10.6. The maximum absolute atomic E-state index is 9.08. The minimum absolute atomic E-state index is 0.196. The normalized spacial score (nSPS) is 25.5. The Morgan fingerprint density at radius 1 is 1.35 bits per heavy atom. The number of aryl methyl sites for hydroxylation is 1. The Morgan fingerprint density at radius 3 is 2.82 bits per heavy atom. The number of hydrogen-bond acceptors (Lipinski definition) is 2. The molecule has 1 aliphatic rings. The summed E-state index contributed by atoms with van der Waals surface area (Å²) in [4.78, 5) is 0. The van der Waals surface area contributed by atoms with Crippen molar-refractivity contribution in [3.8, 4) is 6.07 Å². The van der Waals surface area contributed by atoms with Gasteiger partial charge < -0.3 is 5.32 Å². The highest BCUT2D eigenvalue weighted by molar-refractivity contribution is 5.28. The molecule has 0 amide bonds. The summed E-state index contributed by atoms with van der Waals surface area (Å²) in [7, 11) is 0. The SMILES string of the molecule is Cc1ccccc1[C@@H](C)NC1CCCC1C#N. The first-order valence-electron chi connectivity index (χ1n) is 6.43. The van der Waals surface area contributed by atoms with E-state index in [-0.39, 0.29) is 5.92 Å². The first kappa shape index (κ1) is 12.1. The molecule has 1 fully saturated rings. The fourth-order valence-corrected chi connectivity index (χ4v) is 2.80. The van der Waals surface area contributed by atoms with Crippen LogP contribution in [0.2, 0.25) is 0 Å². The summed E-state index contributed by atoms with van der Waals surface area (Å²) in [5.74, 6) is 0.196. The molecule has 3 atom stereocenters. The van der Waals surface area contributed by atoms with E-state index in [1.54, 1.807) is 0 Å². The third kappa shape index (κ3) is 2.68. The number of rotatable bonds is 3. The van der Waals surface area contributed by atoms with Gasteiger partial charge in [-0.2, -0.15) is 5.26 Å². The maximum atomic E-state index is 9.08. The van der Waals surface area contributed by atoms with Gasteiger partial charge in [0.2, 0.25) is 0 Å². The van der Waals surface area contributed by atoms with E-state index in [1.165, 1.54) is 17.5 Å². The number of nitrogens with one attached hydrogen (secondary N) is 1. The van der Waals surface area contributed by atoms with Gasteiger partial charge in [0.05, 0.1) is 12.0 Å². The van der Waals surface area contributed by atoms with Gasteiger partial charge in [-0.05, 0) is 37.8 Å². The number of nitriles is 1. The molecule has 2 unspecified atom stereocenters. The van der Waals surface area contributed by atoms with Gasteiger partial charge in [-0.15, -0.1) is 0 Å². The van der Waals surface area contributed by atoms with Gasteiger partial charge in [-0.25, -0.2) is 0 Å². The fraction of sp³-hybridized carbons (Fsp3) is 0.533. The Kier molecular flexibility index (Phi) is 3.81. The average molecular weight is 228 g/mol. The largest absolute Gasteiger partial charge is 0.306 e. The summed E-state index contributed by atoms with van der Waals surface area (Å²) in [6.07, 6.45) is 3.36. The summed E-state index contributed by atoms with van der Waals surface area (Å²) in [6.45, 7) is 4.33. The molecule has 0 bridgehead atoms. The highest BCUT2D eigenvalue weighted by Crippen LogP contribution is 2.28. The standard InChI is InChI=1S/C15H20N2/c1-11-6-3-4-8-14(11)12(2)17-15-9-5-7-13(15)10-16/h3-4,6,8,12-13,15,17H,5,7,9H2,1-2H3/t12-,13?,15?/m1/s1. The second kappa shape index (κ2) is 5.33. The molecule has 0 aromatic heterocycles. The topological polar surface area (TPSA) is 35.8 Å². The summed E-state index contributed by atoms with van der Waals surface area (Å²) < 4.78 is 0. The first-order valence-corrected chi connectivity index (χ1v) is 6.43. The van der Waals surface area contributed by atoms with Gasteiger partial charge in [-0.3, -0.25) is 0 Å². The summed E-state index contributed by atoms with van der Waals surface area (Å²) >= 11 is 0. The Hall–Kier alpha value is -1.33. The molecule has 0 saturated heterocycles. The summed E-state index contributed by atoms with van der Waals surface area (Å²) in [5.41, 5.74) is 2.66. The van der Waals surface area contributed by atoms with Crippen molar-refractivity contribution >= 4 is 0 Å². The van der Waals surface area contributed by atoms with E-state index < -0.39 is 0 Å². The molecule has 0 aliphatic heterocycles. The molecule has 17 heavy (non-hydrogen) atoms. The molecular weight excluding hydrogens is 208 g/mol. The van der Waals surface area contributed by atoms with E-state index in [1.807, 2.05) is 0 Å². The lowest BCUT2D eigenvalue weighted by Crippen LogP contribution is -2.34. The maximum Gasteiger partial charge on any atom is 0.0672 e. The van der Waals surface area contributed by atoms with Crippen molar-refractivity contribution in [1.82, 2.24) is 5.32 Å². The Morgan fingerprint density at radius 2 is 2.12 bits per heavy atom. The van der Waals surface area contributed by atoms with Crippen LogP contribution < -0.4 is 5.32 Å². The van der Waals surface area contributed by atoms with Gasteiger partial charge in [-0.1, -0.05) is 30.7 Å². The number of benzene rings is 1. The lowest BCUT2D eigenvalue weighted by Gasteiger charge is -2.23. The molecule has 1 aromatic carbocycles. The van der Waals surface area contributed by atoms with Crippen molar-refractivity contribution in [1.29, 1.82) is 5.26 Å². The lowest BCUT2D eigenvalue weighted by atomic mass is 9.99. The van der Waals surface area contributed by atoms with Crippen molar-refractivity contribution in [2.75, 3.05) is 0 Å². The van der Waals surface area contributed by atoms with Crippen LogP contribution in [-0.2, 0) is 0 Å². The van der Waals surface area contributed by atoms with E-state index in [2.05, 4.69) is 49.5 Å². The third-order valence-corrected chi connectivity index (χ3v) is 3.80. The van der Waals surface area contributed by atoms with Gasteiger partial charge in [0.25, 0.3) is 0 Å². The molecule has 2 nitrogen and oxygen atoms in total. The summed E-state index contributed by atoms with van der Waals surface area (Å²) in [6, 6.07) is 11.6. The van der Waals surface area contributed by atoms with E-state index in [4.69, 9.17) is 5.26 Å². The van der Waals surface area contributed by atoms with Crippen LogP contribution in [0.1, 0.15) is 43.4 Å². The van der Waals surface area contributed by atoms with Crippen molar-refractivity contribution in [3.05, 3.63) is 35.4 Å². The molecule has 1 aromatic rings. The van der Waals surface area contributed by atoms with Crippen LogP contribution in [0.5, 0.6) is 0 Å². The molecule has 0 heterocycles. The summed E-state index contributed by atoms with van der Waals surface area (Å²) in [5, 5.41) is 12.7. The minimum Gasteiger partial charge on any atom is -0.306 e. The van der Waals surface area contributed by atoms with Crippen LogP contribution in [0.4, 0.5) is 0 Å². The molecule has 0 spiro atoms. The molecule has 2 heteroatoms. The monoisotopic (exact) mass is 228 g/mol. The van der Waals surface area contributed by atoms with Crippen LogP contribution in [0.15, 0.2) is 24.3 Å². The van der Waals surface area contributed by atoms with E-state index in [0.29, 0.717) is 12.1 Å². The Balaban J connectivity index is 2.05. The highest BCUT2D eigenvalue weighted by Gasteiger charge is 2.28. The number of hydrogen-bond donors (Lipinski definition) is 1. The third-order valence-electron chi connectivity index (χ3n) is 3.80. The van der Waals surface area contributed by atoms with E-state index in [9.17, 15) is 0 Å². The zero-order chi connectivity index (χ0) is 12.3. The van der Waals surface area contributed by atoms with Crippen LogP contribution in [0.25, 0.3) is 0 Å². The molecule has 1 aliphatic carbocycles. The van der Waals surface area contributed by atoms with Gasteiger partial charge in [0.15, 0.2) is 0 Å². The van der Waals surface area contributed by atoms with Crippen molar-refractivity contribution in [2.24, 2.45) is 5.92 Å². The van der Waals surface area contributed by atoms with Crippen molar-refractivity contribution < 1.29 is 0 Å². The lowest BCUT2D eigenvalue weighted by molar-refractivity contribution is 0.417. The smallest absolute Gasteiger partial charge is 0.0672 e. The van der Waals surface area contributed by atoms with Crippen LogP contribution in [-0.4, -0.2) is 6.04 Å². The predicted octanol–water partition coefficient (Wildman–Crippen LogP) is 3.34. The van der Waals surface area contributed by atoms with Crippen molar-refractivity contribution in [3.63, 3.8) is 0 Å². The second-order valence-corrected chi connectivity index (χ2v) is 5.02. The molecule has 90 valence electrons.